The van der Waals surface area contributed by atoms with Gasteiger partial charge in [-0.1, -0.05) is 24.3 Å². The molecule has 4 rings (SSSR count). The van der Waals surface area contributed by atoms with Crippen LogP contribution in [-0.2, 0) is 0 Å². The van der Waals surface area contributed by atoms with E-state index in [4.69, 9.17) is 4.74 Å². The van der Waals surface area contributed by atoms with Gasteiger partial charge in [-0.3, -0.25) is 9.89 Å². The van der Waals surface area contributed by atoms with Gasteiger partial charge in [0.2, 0.25) is 0 Å². The maximum atomic E-state index is 13.1. The van der Waals surface area contributed by atoms with Gasteiger partial charge in [-0.2, -0.15) is 5.10 Å². The van der Waals surface area contributed by atoms with Crippen molar-refractivity contribution in [2.24, 2.45) is 0 Å². The number of nitrogens with zero attached hydrogens (tertiary/aromatic N) is 2. The summed E-state index contributed by atoms with van der Waals surface area (Å²) in [4.78, 5) is 15.0. The highest BCUT2D eigenvalue weighted by atomic mass is 16.5. The fraction of sp³-hybridized carbons (Fsp3) is 0.238. The van der Waals surface area contributed by atoms with E-state index in [1.54, 1.807) is 13.3 Å². The van der Waals surface area contributed by atoms with Crippen LogP contribution in [0.2, 0.25) is 0 Å². The molecule has 2 heterocycles. The van der Waals surface area contributed by atoms with Crippen molar-refractivity contribution in [3.8, 4) is 17.0 Å². The predicted molar refractivity (Wildman–Crippen MR) is 100 cm³/mol. The number of rotatable bonds is 4. The summed E-state index contributed by atoms with van der Waals surface area (Å²) >= 11 is 0. The first-order valence-electron chi connectivity index (χ1n) is 8.81. The Labute approximate surface area is 152 Å². The van der Waals surface area contributed by atoms with Crippen LogP contribution < -0.4 is 4.74 Å². The van der Waals surface area contributed by atoms with E-state index in [1.807, 2.05) is 53.4 Å². The van der Waals surface area contributed by atoms with Gasteiger partial charge in [-0.25, -0.2) is 0 Å². The minimum absolute atomic E-state index is 0.0754. The van der Waals surface area contributed by atoms with Crippen LogP contribution in [0.5, 0.6) is 5.75 Å². The molecule has 1 amide bonds. The molecule has 26 heavy (non-hydrogen) atoms. The highest BCUT2D eigenvalue weighted by Crippen LogP contribution is 2.34. The standard InChI is InChI=1S/C21H21N3O2/c1-26-18-5-2-4-17(14-18)20-6-3-13-24(20)21(25)16-9-7-15(8-10-16)19-11-12-22-23-19/h2,4-5,7-12,14,20H,3,6,13H2,1H3,(H,22,23)/t20-/m0/s1. The van der Waals surface area contributed by atoms with Gasteiger partial charge in [-0.05, 0) is 54.3 Å². The molecule has 2 aromatic carbocycles. The van der Waals surface area contributed by atoms with E-state index in [9.17, 15) is 4.79 Å². The van der Waals surface area contributed by atoms with Gasteiger partial charge >= 0.3 is 0 Å². The summed E-state index contributed by atoms with van der Waals surface area (Å²) in [5, 5.41) is 6.91. The van der Waals surface area contributed by atoms with Crippen LogP contribution in [0.1, 0.15) is 34.8 Å². The summed E-state index contributed by atoms with van der Waals surface area (Å²) in [6.07, 6.45) is 3.71. The number of aromatic nitrogens is 2. The number of nitrogens with one attached hydrogen (secondary N) is 1. The quantitative estimate of drug-likeness (QED) is 0.774. The largest absolute Gasteiger partial charge is 0.497 e. The Morgan fingerprint density at radius 1 is 1.19 bits per heavy atom. The molecular weight excluding hydrogens is 326 g/mol. The van der Waals surface area contributed by atoms with E-state index in [1.165, 1.54) is 0 Å². The van der Waals surface area contributed by atoms with Crippen molar-refractivity contribution >= 4 is 5.91 Å². The number of aromatic amines is 1. The molecule has 1 aliphatic heterocycles. The number of methoxy groups -OCH3 is 1. The first-order chi connectivity index (χ1) is 12.8. The summed E-state index contributed by atoms with van der Waals surface area (Å²) < 4.78 is 5.33. The first kappa shape index (κ1) is 16.4. The van der Waals surface area contributed by atoms with Gasteiger partial charge in [0.1, 0.15) is 5.75 Å². The number of carbonyl (C=O) groups is 1. The number of carbonyl (C=O) groups excluding carboxylic acids is 1. The van der Waals surface area contributed by atoms with E-state index in [-0.39, 0.29) is 11.9 Å². The third-order valence-electron chi connectivity index (χ3n) is 4.94. The third kappa shape index (κ3) is 3.08. The molecule has 5 nitrogen and oxygen atoms in total. The Hall–Kier alpha value is -3.08. The number of amides is 1. The smallest absolute Gasteiger partial charge is 0.254 e. The highest BCUT2D eigenvalue weighted by Gasteiger charge is 2.30. The summed E-state index contributed by atoms with van der Waals surface area (Å²) in [7, 11) is 1.66. The Bertz CT molecular complexity index is 888. The summed E-state index contributed by atoms with van der Waals surface area (Å²) in [6.45, 7) is 0.781. The van der Waals surface area contributed by atoms with Gasteiger partial charge < -0.3 is 9.64 Å². The number of ether oxygens (including phenoxy) is 1. The van der Waals surface area contributed by atoms with E-state index in [0.29, 0.717) is 5.56 Å². The molecule has 5 heteroatoms. The molecular formula is C21H21N3O2. The average molecular weight is 347 g/mol. The summed E-state index contributed by atoms with van der Waals surface area (Å²) in [5.41, 5.74) is 3.80. The van der Waals surface area contributed by atoms with Crippen LogP contribution in [0.4, 0.5) is 0 Å². The fourth-order valence-corrected chi connectivity index (χ4v) is 3.58. The normalized spacial score (nSPS) is 16.7. The lowest BCUT2D eigenvalue weighted by Crippen LogP contribution is -2.30. The molecule has 0 aliphatic carbocycles. The molecule has 0 unspecified atom stereocenters. The Morgan fingerprint density at radius 3 is 2.77 bits per heavy atom. The number of likely N-dealkylation sites (tertiary alicyclic amines) is 1. The monoisotopic (exact) mass is 347 g/mol. The molecule has 1 N–H and O–H groups in total. The minimum atomic E-state index is 0.0754. The lowest BCUT2D eigenvalue weighted by molar-refractivity contribution is 0.0735. The van der Waals surface area contributed by atoms with Crippen LogP contribution in [0.15, 0.2) is 60.8 Å². The minimum Gasteiger partial charge on any atom is -0.497 e. The molecule has 0 saturated carbocycles. The molecule has 1 saturated heterocycles. The van der Waals surface area contributed by atoms with E-state index in [0.717, 1.165) is 42.0 Å². The van der Waals surface area contributed by atoms with Gasteiger partial charge in [-0.15, -0.1) is 0 Å². The second kappa shape index (κ2) is 7.04. The Morgan fingerprint density at radius 2 is 2.04 bits per heavy atom. The van der Waals surface area contributed by atoms with Crippen molar-refractivity contribution in [3.63, 3.8) is 0 Å². The molecule has 1 fully saturated rings. The van der Waals surface area contributed by atoms with Crippen LogP contribution in [0.25, 0.3) is 11.3 Å². The molecule has 132 valence electrons. The van der Waals surface area contributed by atoms with Gasteiger partial charge in [0, 0.05) is 18.3 Å². The molecule has 1 aromatic heterocycles. The number of H-pyrrole nitrogens is 1. The second-order valence-electron chi connectivity index (χ2n) is 6.48. The molecule has 0 bridgehead atoms. The van der Waals surface area contributed by atoms with Crippen LogP contribution >= 0.6 is 0 Å². The Kier molecular flexibility index (Phi) is 4.44. The van der Waals surface area contributed by atoms with Gasteiger partial charge in [0.05, 0.1) is 18.8 Å². The maximum absolute atomic E-state index is 13.1. The SMILES string of the molecule is COc1cccc([C@@H]2CCCN2C(=O)c2ccc(-c3ccn[nH]3)cc2)c1. The zero-order chi connectivity index (χ0) is 17.9. The van der Waals surface area contributed by atoms with Crippen molar-refractivity contribution in [2.75, 3.05) is 13.7 Å². The lowest BCUT2D eigenvalue weighted by Gasteiger charge is -2.25. The van der Waals surface area contributed by atoms with E-state index >= 15 is 0 Å². The molecule has 3 aromatic rings. The second-order valence-corrected chi connectivity index (χ2v) is 6.48. The van der Waals surface area contributed by atoms with Crippen molar-refractivity contribution in [1.29, 1.82) is 0 Å². The van der Waals surface area contributed by atoms with Crippen molar-refractivity contribution < 1.29 is 9.53 Å². The topological polar surface area (TPSA) is 58.2 Å². The maximum Gasteiger partial charge on any atom is 0.254 e. The predicted octanol–water partition coefficient (Wildman–Crippen LogP) is 4.06. The van der Waals surface area contributed by atoms with Crippen LogP contribution in [0.3, 0.4) is 0 Å². The first-order valence-corrected chi connectivity index (χ1v) is 8.81. The molecule has 0 radical (unpaired) electrons. The molecule has 1 aliphatic rings. The fourth-order valence-electron chi connectivity index (χ4n) is 3.58. The highest BCUT2D eigenvalue weighted by molar-refractivity contribution is 5.95. The van der Waals surface area contributed by atoms with Crippen molar-refractivity contribution in [3.05, 3.63) is 71.9 Å². The number of hydrogen-bond acceptors (Lipinski definition) is 3. The Balaban J connectivity index is 1.56. The summed E-state index contributed by atoms with van der Waals surface area (Å²) in [5.74, 6) is 0.900. The van der Waals surface area contributed by atoms with E-state index < -0.39 is 0 Å². The zero-order valence-corrected chi connectivity index (χ0v) is 14.7. The zero-order valence-electron chi connectivity index (χ0n) is 14.7. The van der Waals surface area contributed by atoms with Crippen LogP contribution in [-0.4, -0.2) is 34.7 Å². The lowest BCUT2D eigenvalue weighted by atomic mass is 10.0. The van der Waals surface area contributed by atoms with Crippen molar-refractivity contribution in [2.45, 2.75) is 18.9 Å². The number of benzene rings is 2. The number of hydrogen-bond donors (Lipinski definition) is 1. The van der Waals surface area contributed by atoms with Crippen LogP contribution in [0, 0.1) is 0 Å². The molecule has 0 spiro atoms. The van der Waals surface area contributed by atoms with E-state index in [2.05, 4.69) is 16.3 Å². The van der Waals surface area contributed by atoms with Crippen molar-refractivity contribution in [1.82, 2.24) is 15.1 Å². The third-order valence-corrected chi connectivity index (χ3v) is 4.94. The average Bonchev–Trinajstić information content (AvgIpc) is 3.39. The molecule has 1 atom stereocenters. The summed E-state index contributed by atoms with van der Waals surface area (Å²) in [6, 6.07) is 17.7. The van der Waals surface area contributed by atoms with Gasteiger partial charge in [0.15, 0.2) is 0 Å². The van der Waals surface area contributed by atoms with Gasteiger partial charge in [0.25, 0.3) is 5.91 Å².